The number of rotatable bonds is 6. The molecule has 0 radical (unpaired) electrons. The largest absolute Gasteiger partial charge is 0.480 e. The van der Waals surface area contributed by atoms with Gasteiger partial charge in [-0.1, -0.05) is 18.5 Å². The Morgan fingerprint density at radius 2 is 1.89 bits per heavy atom. The zero-order chi connectivity index (χ0) is 13.7. The smallest absolute Gasteiger partial charge is 0.320 e. The van der Waals surface area contributed by atoms with Crippen LogP contribution in [0.5, 0.6) is 0 Å². The van der Waals surface area contributed by atoms with Gasteiger partial charge in [0.1, 0.15) is 6.04 Å². The highest BCUT2D eigenvalue weighted by molar-refractivity contribution is 6.30. The fourth-order valence-electron chi connectivity index (χ4n) is 1.61. The molecule has 0 saturated heterocycles. The van der Waals surface area contributed by atoms with Crippen LogP contribution in [0.15, 0.2) is 24.3 Å². The highest BCUT2D eigenvalue weighted by Crippen LogP contribution is 2.11. The van der Waals surface area contributed by atoms with Crippen LogP contribution in [0.4, 0.5) is 0 Å². The van der Waals surface area contributed by atoms with Gasteiger partial charge in [0.05, 0.1) is 6.04 Å². The number of carboxylic acids is 1. The molecule has 1 rings (SSSR count). The van der Waals surface area contributed by atoms with Crippen molar-refractivity contribution < 1.29 is 14.7 Å². The van der Waals surface area contributed by atoms with E-state index in [-0.39, 0.29) is 5.78 Å². The van der Waals surface area contributed by atoms with Crippen molar-refractivity contribution in [1.82, 2.24) is 5.32 Å². The van der Waals surface area contributed by atoms with Gasteiger partial charge < -0.3 is 5.11 Å². The highest BCUT2D eigenvalue weighted by Gasteiger charge is 2.22. The molecule has 0 bridgehead atoms. The van der Waals surface area contributed by atoms with Crippen LogP contribution in [0.3, 0.4) is 0 Å². The van der Waals surface area contributed by atoms with Gasteiger partial charge in [0, 0.05) is 10.6 Å². The molecule has 4 nitrogen and oxygen atoms in total. The van der Waals surface area contributed by atoms with E-state index in [1.165, 1.54) is 0 Å². The molecule has 98 valence electrons. The number of hydrogen-bond acceptors (Lipinski definition) is 3. The van der Waals surface area contributed by atoms with E-state index < -0.39 is 18.1 Å². The molecule has 0 aliphatic carbocycles. The maximum absolute atomic E-state index is 12.0. The Morgan fingerprint density at radius 1 is 1.33 bits per heavy atom. The lowest BCUT2D eigenvalue weighted by Crippen LogP contribution is -2.45. The standard InChI is InChI=1S/C13H16ClNO3/c1-3-11(13(17)18)15-8(2)12(16)9-4-6-10(14)7-5-9/h4-8,11,15H,3H2,1-2H3,(H,17,18). The molecular formula is C13H16ClNO3. The zero-order valence-corrected chi connectivity index (χ0v) is 11.1. The van der Waals surface area contributed by atoms with Crippen molar-refractivity contribution >= 4 is 23.4 Å². The number of carbonyl (C=O) groups excluding carboxylic acids is 1. The highest BCUT2D eigenvalue weighted by atomic mass is 35.5. The monoisotopic (exact) mass is 269 g/mol. The quantitative estimate of drug-likeness (QED) is 0.778. The van der Waals surface area contributed by atoms with Gasteiger partial charge in [-0.15, -0.1) is 0 Å². The first-order valence-corrected chi connectivity index (χ1v) is 6.12. The Balaban J connectivity index is 2.72. The molecule has 0 fully saturated rings. The number of ketones is 1. The second kappa shape index (κ2) is 6.52. The average molecular weight is 270 g/mol. The van der Waals surface area contributed by atoms with Crippen molar-refractivity contribution in [1.29, 1.82) is 0 Å². The Bertz CT molecular complexity index is 430. The molecule has 0 heterocycles. The molecule has 0 saturated carbocycles. The summed E-state index contributed by atoms with van der Waals surface area (Å²) in [7, 11) is 0. The van der Waals surface area contributed by atoms with Crippen molar-refractivity contribution in [2.24, 2.45) is 0 Å². The number of Topliss-reactive ketones (excluding diaryl/α,β-unsaturated/α-hetero) is 1. The van der Waals surface area contributed by atoms with E-state index in [1.807, 2.05) is 0 Å². The Morgan fingerprint density at radius 3 is 2.33 bits per heavy atom. The van der Waals surface area contributed by atoms with Crippen molar-refractivity contribution in [2.45, 2.75) is 32.4 Å². The summed E-state index contributed by atoms with van der Waals surface area (Å²) in [5, 5.41) is 12.3. The summed E-state index contributed by atoms with van der Waals surface area (Å²) in [6.07, 6.45) is 0.424. The minimum absolute atomic E-state index is 0.147. The van der Waals surface area contributed by atoms with Gasteiger partial charge in [-0.25, -0.2) is 0 Å². The molecule has 0 aliphatic heterocycles. The van der Waals surface area contributed by atoms with E-state index in [0.717, 1.165) is 0 Å². The third-order valence-corrected chi connectivity index (χ3v) is 2.93. The predicted octanol–water partition coefficient (Wildman–Crippen LogP) is 2.36. The molecule has 2 atom stereocenters. The van der Waals surface area contributed by atoms with E-state index >= 15 is 0 Å². The van der Waals surface area contributed by atoms with E-state index in [9.17, 15) is 9.59 Å². The lowest BCUT2D eigenvalue weighted by atomic mass is 10.0. The van der Waals surface area contributed by atoms with Gasteiger partial charge in [0.2, 0.25) is 0 Å². The SMILES string of the molecule is CCC(NC(C)C(=O)c1ccc(Cl)cc1)C(=O)O. The maximum atomic E-state index is 12.0. The average Bonchev–Trinajstić information content (AvgIpc) is 2.35. The maximum Gasteiger partial charge on any atom is 0.320 e. The van der Waals surface area contributed by atoms with Crippen LogP contribution in [0.25, 0.3) is 0 Å². The van der Waals surface area contributed by atoms with Crippen LogP contribution in [0.2, 0.25) is 5.02 Å². The van der Waals surface area contributed by atoms with Crippen LogP contribution in [0.1, 0.15) is 30.6 Å². The summed E-state index contributed by atoms with van der Waals surface area (Å²) in [4.78, 5) is 22.9. The van der Waals surface area contributed by atoms with E-state index in [1.54, 1.807) is 38.1 Å². The first kappa shape index (κ1) is 14.7. The summed E-state index contributed by atoms with van der Waals surface area (Å²) in [6.45, 7) is 3.41. The van der Waals surface area contributed by atoms with Gasteiger partial charge in [-0.3, -0.25) is 14.9 Å². The van der Waals surface area contributed by atoms with Gasteiger partial charge >= 0.3 is 5.97 Å². The molecular weight excluding hydrogens is 254 g/mol. The molecule has 0 aliphatic rings. The van der Waals surface area contributed by atoms with Crippen LogP contribution in [-0.2, 0) is 4.79 Å². The summed E-state index contributed by atoms with van der Waals surface area (Å²) in [6, 6.07) is 5.27. The fourth-order valence-corrected chi connectivity index (χ4v) is 1.73. The molecule has 2 unspecified atom stereocenters. The number of carbonyl (C=O) groups is 2. The number of benzene rings is 1. The van der Waals surface area contributed by atoms with Gasteiger partial charge in [-0.2, -0.15) is 0 Å². The van der Waals surface area contributed by atoms with Crippen molar-refractivity contribution in [3.05, 3.63) is 34.9 Å². The number of halogens is 1. The minimum Gasteiger partial charge on any atom is -0.480 e. The van der Waals surface area contributed by atoms with Gasteiger partial charge in [0.25, 0.3) is 0 Å². The van der Waals surface area contributed by atoms with Crippen molar-refractivity contribution in [2.75, 3.05) is 0 Å². The van der Waals surface area contributed by atoms with Crippen LogP contribution in [-0.4, -0.2) is 28.9 Å². The van der Waals surface area contributed by atoms with Gasteiger partial charge in [0.15, 0.2) is 5.78 Å². The van der Waals surface area contributed by atoms with Crippen LogP contribution < -0.4 is 5.32 Å². The van der Waals surface area contributed by atoms with Crippen molar-refractivity contribution in [3.63, 3.8) is 0 Å². The summed E-state index contributed by atoms with van der Waals surface area (Å²) in [5.74, 6) is -1.10. The third-order valence-electron chi connectivity index (χ3n) is 2.68. The third kappa shape index (κ3) is 3.82. The number of hydrogen-bond donors (Lipinski definition) is 2. The van der Waals surface area contributed by atoms with Crippen LogP contribution in [0, 0.1) is 0 Å². The second-order valence-electron chi connectivity index (χ2n) is 4.06. The lowest BCUT2D eigenvalue weighted by Gasteiger charge is -2.18. The Kier molecular flexibility index (Phi) is 5.31. The van der Waals surface area contributed by atoms with Crippen LogP contribution >= 0.6 is 11.6 Å². The molecule has 0 aromatic heterocycles. The summed E-state index contributed by atoms with van der Waals surface area (Å²) in [5.41, 5.74) is 0.514. The van der Waals surface area contributed by atoms with Gasteiger partial charge in [-0.05, 0) is 37.6 Å². The summed E-state index contributed by atoms with van der Waals surface area (Å²) >= 11 is 5.74. The minimum atomic E-state index is -0.951. The Hall–Kier alpha value is -1.39. The molecule has 2 N–H and O–H groups in total. The number of carboxylic acid groups (broad SMARTS) is 1. The lowest BCUT2D eigenvalue weighted by molar-refractivity contribution is -0.139. The molecule has 5 heteroatoms. The molecule has 0 spiro atoms. The first-order chi connectivity index (χ1) is 8.45. The number of nitrogens with one attached hydrogen (secondary N) is 1. The fraction of sp³-hybridized carbons (Fsp3) is 0.385. The normalized spacial score (nSPS) is 13.9. The topological polar surface area (TPSA) is 66.4 Å². The van der Waals surface area contributed by atoms with Crippen molar-refractivity contribution in [3.8, 4) is 0 Å². The second-order valence-corrected chi connectivity index (χ2v) is 4.50. The summed E-state index contributed by atoms with van der Waals surface area (Å²) < 4.78 is 0. The predicted molar refractivity (Wildman–Crippen MR) is 70.1 cm³/mol. The Labute approximate surface area is 111 Å². The molecule has 18 heavy (non-hydrogen) atoms. The van der Waals surface area contributed by atoms with E-state index in [0.29, 0.717) is 17.0 Å². The van der Waals surface area contributed by atoms with E-state index in [2.05, 4.69) is 5.32 Å². The van der Waals surface area contributed by atoms with E-state index in [4.69, 9.17) is 16.7 Å². The molecule has 1 aromatic rings. The number of aliphatic carboxylic acids is 1. The zero-order valence-electron chi connectivity index (χ0n) is 10.3. The molecule has 1 aromatic carbocycles. The first-order valence-electron chi connectivity index (χ1n) is 5.74. The molecule has 0 amide bonds.